The van der Waals surface area contributed by atoms with Crippen molar-refractivity contribution in [2.75, 3.05) is 13.1 Å². The van der Waals surface area contributed by atoms with Gasteiger partial charge in [0, 0.05) is 31.0 Å². The van der Waals surface area contributed by atoms with E-state index in [2.05, 4.69) is 30.7 Å². The van der Waals surface area contributed by atoms with Crippen LogP contribution in [-0.4, -0.2) is 28.5 Å². The minimum atomic E-state index is -0.136. The molecule has 0 bridgehead atoms. The Morgan fingerprint density at radius 1 is 1.33 bits per heavy atom. The molecule has 1 rings (SSSR count). The predicted molar refractivity (Wildman–Crippen MR) is 63.5 cm³/mol. The number of hydrogen-bond acceptors (Lipinski definition) is 3. The third-order valence-electron chi connectivity index (χ3n) is 2.23. The Morgan fingerprint density at radius 2 is 1.93 bits per heavy atom. The minimum absolute atomic E-state index is 0.136. The van der Waals surface area contributed by atoms with Crippen LogP contribution in [0.15, 0.2) is 24.5 Å². The molecule has 15 heavy (non-hydrogen) atoms. The monoisotopic (exact) mass is 207 g/mol. The van der Waals surface area contributed by atoms with Crippen LogP contribution in [0.5, 0.6) is 0 Å². The highest BCUT2D eigenvalue weighted by atomic mass is 15.1. The second-order valence-electron chi connectivity index (χ2n) is 4.65. The van der Waals surface area contributed by atoms with Crippen LogP contribution >= 0.6 is 0 Å². The summed E-state index contributed by atoms with van der Waals surface area (Å²) in [7, 11) is 0. The standard InChI is InChI=1S/C12H21N3/c1-4-15(10-12(2,3)13)9-11-5-7-14-8-6-11/h5-8H,4,9-10,13H2,1-3H3. The molecule has 0 fully saturated rings. The van der Waals surface area contributed by atoms with Crippen molar-refractivity contribution in [3.05, 3.63) is 30.1 Å². The highest BCUT2D eigenvalue weighted by molar-refractivity contribution is 5.09. The molecule has 0 saturated heterocycles. The van der Waals surface area contributed by atoms with Crippen LogP contribution in [-0.2, 0) is 6.54 Å². The Morgan fingerprint density at radius 3 is 2.40 bits per heavy atom. The van der Waals surface area contributed by atoms with Crippen LogP contribution in [0.25, 0.3) is 0 Å². The van der Waals surface area contributed by atoms with E-state index in [0.29, 0.717) is 0 Å². The van der Waals surface area contributed by atoms with E-state index in [-0.39, 0.29) is 5.54 Å². The maximum Gasteiger partial charge on any atom is 0.0271 e. The third-order valence-corrected chi connectivity index (χ3v) is 2.23. The van der Waals surface area contributed by atoms with Crippen LogP contribution in [0.1, 0.15) is 26.3 Å². The first kappa shape index (κ1) is 12.1. The Kier molecular flexibility index (Phi) is 4.24. The topological polar surface area (TPSA) is 42.2 Å². The molecule has 0 amide bonds. The minimum Gasteiger partial charge on any atom is -0.324 e. The zero-order valence-corrected chi connectivity index (χ0v) is 9.90. The number of aromatic nitrogens is 1. The molecule has 0 aromatic carbocycles. The second kappa shape index (κ2) is 5.24. The van der Waals surface area contributed by atoms with Gasteiger partial charge in [-0.15, -0.1) is 0 Å². The number of nitrogens with two attached hydrogens (primary N) is 1. The number of hydrogen-bond donors (Lipinski definition) is 1. The van der Waals surface area contributed by atoms with Crippen LogP contribution in [0.2, 0.25) is 0 Å². The van der Waals surface area contributed by atoms with E-state index in [4.69, 9.17) is 5.73 Å². The molecule has 0 aliphatic heterocycles. The summed E-state index contributed by atoms with van der Waals surface area (Å²) in [5, 5.41) is 0. The summed E-state index contributed by atoms with van der Waals surface area (Å²) in [6, 6.07) is 4.10. The first-order valence-corrected chi connectivity index (χ1v) is 5.41. The Labute approximate surface area is 92.3 Å². The molecule has 0 radical (unpaired) electrons. The summed E-state index contributed by atoms with van der Waals surface area (Å²) in [6.07, 6.45) is 3.66. The average Bonchev–Trinajstić information content (AvgIpc) is 2.16. The smallest absolute Gasteiger partial charge is 0.0271 e. The van der Waals surface area contributed by atoms with Crippen molar-refractivity contribution < 1.29 is 0 Å². The number of nitrogens with zero attached hydrogens (tertiary/aromatic N) is 2. The normalized spacial score (nSPS) is 12.1. The summed E-state index contributed by atoms with van der Waals surface area (Å²) >= 11 is 0. The Bertz CT molecular complexity index is 277. The van der Waals surface area contributed by atoms with Gasteiger partial charge in [-0.2, -0.15) is 0 Å². The van der Waals surface area contributed by atoms with Crippen LogP contribution in [0.4, 0.5) is 0 Å². The third kappa shape index (κ3) is 4.91. The molecule has 0 aliphatic rings. The summed E-state index contributed by atoms with van der Waals surface area (Å²) in [4.78, 5) is 6.35. The second-order valence-corrected chi connectivity index (χ2v) is 4.65. The van der Waals surface area contributed by atoms with Gasteiger partial charge in [0.2, 0.25) is 0 Å². The van der Waals surface area contributed by atoms with Crippen molar-refractivity contribution in [1.29, 1.82) is 0 Å². The van der Waals surface area contributed by atoms with Crippen LogP contribution < -0.4 is 5.73 Å². The van der Waals surface area contributed by atoms with Crippen molar-refractivity contribution in [1.82, 2.24) is 9.88 Å². The maximum atomic E-state index is 6.01. The van der Waals surface area contributed by atoms with Crippen molar-refractivity contribution >= 4 is 0 Å². The van der Waals surface area contributed by atoms with Gasteiger partial charge >= 0.3 is 0 Å². The molecule has 2 N–H and O–H groups in total. The van der Waals surface area contributed by atoms with Gasteiger partial charge in [0.25, 0.3) is 0 Å². The first-order valence-electron chi connectivity index (χ1n) is 5.41. The number of likely N-dealkylation sites (N-methyl/N-ethyl adjacent to an activating group) is 1. The zero-order valence-electron chi connectivity index (χ0n) is 9.90. The number of rotatable bonds is 5. The van der Waals surface area contributed by atoms with Gasteiger partial charge < -0.3 is 5.73 Å². The van der Waals surface area contributed by atoms with E-state index in [1.54, 1.807) is 0 Å². The van der Waals surface area contributed by atoms with Crippen molar-refractivity contribution in [2.45, 2.75) is 32.9 Å². The Hall–Kier alpha value is -0.930. The lowest BCUT2D eigenvalue weighted by molar-refractivity contribution is 0.228. The van der Waals surface area contributed by atoms with Gasteiger partial charge in [-0.25, -0.2) is 0 Å². The summed E-state index contributed by atoms with van der Waals surface area (Å²) < 4.78 is 0. The largest absolute Gasteiger partial charge is 0.324 e. The van der Waals surface area contributed by atoms with E-state index in [0.717, 1.165) is 19.6 Å². The predicted octanol–water partition coefficient (Wildman–Crippen LogP) is 1.64. The molecule has 0 aliphatic carbocycles. The van der Waals surface area contributed by atoms with E-state index in [9.17, 15) is 0 Å². The fraction of sp³-hybridized carbons (Fsp3) is 0.583. The fourth-order valence-corrected chi connectivity index (χ4v) is 1.60. The summed E-state index contributed by atoms with van der Waals surface area (Å²) in [6.45, 7) is 9.14. The molecule has 0 spiro atoms. The van der Waals surface area contributed by atoms with Gasteiger partial charge in [0.1, 0.15) is 0 Å². The average molecular weight is 207 g/mol. The van der Waals surface area contributed by atoms with Gasteiger partial charge in [-0.3, -0.25) is 9.88 Å². The molecule has 0 saturated carbocycles. The summed E-state index contributed by atoms with van der Waals surface area (Å²) in [5.41, 5.74) is 7.16. The molecule has 1 aromatic rings. The van der Waals surface area contributed by atoms with Crippen molar-refractivity contribution in [3.63, 3.8) is 0 Å². The molecule has 3 heteroatoms. The van der Waals surface area contributed by atoms with E-state index in [1.165, 1.54) is 5.56 Å². The molecule has 1 heterocycles. The van der Waals surface area contributed by atoms with Gasteiger partial charge in [-0.05, 0) is 38.1 Å². The fourth-order valence-electron chi connectivity index (χ4n) is 1.60. The van der Waals surface area contributed by atoms with Gasteiger partial charge in [0.15, 0.2) is 0 Å². The summed E-state index contributed by atoms with van der Waals surface area (Å²) in [5.74, 6) is 0. The molecule has 3 nitrogen and oxygen atoms in total. The van der Waals surface area contributed by atoms with E-state index in [1.807, 2.05) is 24.5 Å². The molecule has 84 valence electrons. The molecule has 0 atom stereocenters. The molecule has 0 unspecified atom stereocenters. The van der Waals surface area contributed by atoms with Crippen molar-refractivity contribution in [2.24, 2.45) is 5.73 Å². The van der Waals surface area contributed by atoms with Crippen LogP contribution in [0, 0.1) is 0 Å². The molecule has 1 aromatic heterocycles. The Balaban J connectivity index is 2.55. The quantitative estimate of drug-likeness (QED) is 0.798. The lowest BCUT2D eigenvalue weighted by atomic mass is 10.1. The zero-order chi connectivity index (χ0) is 11.3. The first-order chi connectivity index (χ1) is 7.01. The maximum absolute atomic E-state index is 6.01. The SMILES string of the molecule is CCN(Cc1ccncc1)CC(C)(C)N. The van der Waals surface area contributed by atoms with Gasteiger partial charge in [-0.1, -0.05) is 6.92 Å². The highest BCUT2D eigenvalue weighted by Crippen LogP contribution is 2.07. The van der Waals surface area contributed by atoms with Crippen molar-refractivity contribution in [3.8, 4) is 0 Å². The van der Waals surface area contributed by atoms with E-state index < -0.39 is 0 Å². The lowest BCUT2D eigenvalue weighted by Crippen LogP contribution is -2.45. The van der Waals surface area contributed by atoms with Crippen LogP contribution in [0.3, 0.4) is 0 Å². The molecular formula is C12H21N3. The number of pyridine rings is 1. The van der Waals surface area contributed by atoms with E-state index >= 15 is 0 Å². The highest BCUT2D eigenvalue weighted by Gasteiger charge is 2.15. The lowest BCUT2D eigenvalue weighted by Gasteiger charge is -2.28. The molecular weight excluding hydrogens is 186 g/mol. The van der Waals surface area contributed by atoms with Gasteiger partial charge in [0.05, 0.1) is 0 Å².